The predicted molar refractivity (Wildman–Crippen MR) is 94.4 cm³/mol. The molecule has 4 unspecified atom stereocenters. The van der Waals surface area contributed by atoms with Crippen molar-refractivity contribution in [3.63, 3.8) is 0 Å². The lowest BCUT2D eigenvalue weighted by molar-refractivity contribution is -0.142. The van der Waals surface area contributed by atoms with Gasteiger partial charge in [0.2, 0.25) is 11.8 Å². The molecule has 25 heavy (non-hydrogen) atoms. The number of hydrogen-bond acceptors (Lipinski definition) is 7. The minimum absolute atomic E-state index is 0.163. The average molecular weight is 373 g/mol. The molecule has 9 nitrogen and oxygen atoms in total. The van der Waals surface area contributed by atoms with Gasteiger partial charge in [0.15, 0.2) is 0 Å². The molecule has 0 aromatic carbocycles. The lowest BCUT2D eigenvalue weighted by Gasteiger charge is -2.35. The smallest absolute Gasteiger partial charge is 0.306 e. The summed E-state index contributed by atoms with van der Waals surface area (Å²) in [6.45, 7) is 2.61. The van der Waals surface area contributed by atoms with Crippen LogP contribution in [0.2, 0.25) is 0 Å². The Morgan fingerprint density at radius 1 is 1.20 bits per heavy atom. The van der Waals surface area contributed by atoms with Crippen molar-refractivity contribution in [2.75, 3.05) is 24.6 Å². The third kappa shape index (κ3) is 5.30. The molecule has 1 saturated carbocycles. The summed E-state index contributed by atoms with van der Waals surface area (Å²) in [4.78, 5) is 37.8. The molecule has 1 saturated heterocycles. The van der Waals surface area contributed by atoms with Gasteiger partial charge in [0, 0.05) is 43.5 Å². The van der Waals surface area contributed by atoms with Crippen molar-refractivity contribution < 1.29 is 19.5 Å². The molecule has 4 atom stereocenters. The predicted octanol–water partition coefficient (Wildman–Crippen LogP) is -1.66. The van der Waals surface area contributed by atoms with Gasteiger partial charge in [0.05, 0.1) is 5.92 Å². The molecule has 2 amide bonds. The zero-order chi connectivity index (χ0) is 18.6. The molecule has 1 heterocycles. The first-order valence-electron chi connectivity index (χ1n) is 8.43. The lowest BCUT2D eigenvalue weighted by atomic mass is 9.92. The molecule has 1 aliphatic heterocycles. The van der Waals surface area contributed by atoms with Gasteiger partial charge in [-0.2, -0.15) is 11.8 Å². The topological polar surface area (TPSA) is 151 Å². The fourth-order valence-corrected chi connectivity index (χ4v) is 4.53. The van der Waals surface area contributed by atoms with E-state index in [9.17, 15) is 19.5 Å². The Kier molecular flexibility index (Phi) is 7.05. The summed E-state index contributed by atoms with van der Waals surface area (Å²) < 4.78 is 0. The Balaban J connectivity index is 2.21. The van der Waals surface area contributed by atoms with Gasteiger partial charge < -0.3 is 26.8 Å². The molecule has 0 bridgehead atoms. The van der Waals surface area contributed by atoms with E-state index in [1.165, 1.54) is 6.92 Å². The Labute approximate surface area is 151 Å². The highest BCUT2D eigenvalue weighted by atomic mass is 32.2. The van der Waals surface area contributed by atoms with Crippen LogP contribution in [0.3, 0.4) is 0 Å². The van der Waals surface area contributed by atoms with Gasteiger partial charge in [-0.05, 0) is 12.8 Å². The van der Waals surface area contributed by atoms with Gasteiger partial charge in [-0.15, -0.1) is 0 Å². The molecule has 7 N–H and O–H groups in total. The van der Waals surface area contributed by atoms with Gasteiger partial charge >= 0.3 is 5.97 Å². The van der Waals surface area contributed by atoms with Crippen LogP contribution in [-0.2, 0) is 14.4 Å². The molecule has 10 heteroatoms. The average Bonchev–Trinajstić information content (AvgIpc) is 2.95. The maximum Gasteiger partial charge on any atom is 0.306 e. The number of rotatable bonds is 6. The van der Waals surface area contributed by atoms with Gasteiger partial charge in [-0.1, -0.05) is 0 Å². The third-order valence-corrected chi connectivity index (χ3v) is 5.69. The summed E-state index contributed by atoms with van der Waals surface area (Å²) in [7, 11) is 0. The number of amides is 2. The lowest BCUT2D eigenvalue weighted by Crippen LogP contribution is -2.59. The zero-order valence-electron chi connectivity index (χ0n) is 14.3. The zero-order valence-corrected chi connectivity index (χ0v) is 15.1. The van der Waals surface area contributed by atoms with Crippen LogP contribution in [-0.4, -0.2) is 70.8 Å². The number of nitrogens with two attached hydrogens (primary N) is 2. The normalized spacial score (nSPS) is 28.0. The first kappa shape index (κ1) is 20.0. The second kappa shape index (κ2) is 8.84. The van der Waals surface area contributed by atoms with E-state index in [0.29, 0.717) is 25.9 Å². The van der Waals surface area contributed by atoms with E-state index in [1.807, 2.05) is 0 Å². The summed E-state index contributed by atoms with van der Waals surface area (Å²) in [5.74, 6) is -0.650. The summed E-state index contributed by atoms with van der Waals surface area (Å²) in [6, 6.07) is -1.12. The van der Waals surface area contributed by atoms with Crippen molar-refractivity contribution in [3.8, 4) is 0 Å². The van der Waals surface area contributed by atoms with Crippen LogP contribution in [0.15, 0.2) is 0 Å². The number of hydrogen-bond donors (Lipinski definition) is 5. The van der Waals surface area contributed by atoms with Crippen LogP contribution >= 0.6 is 11.8 Å². The highest BCUT2D eigenvalue weighted by Crippen LogP contribution is 2.35. The van der Waals surface area contributed by atoms with Crippen LogP contribution < -0.4 is 22.1 Å². The first-order chi connectivity index (χ1) is 11.8. The summed E-state index contributed by atoms with van der Waals surface area (Å²) in [5, 5.41) is 15.0. The number of thioether (sulfide) groups is 1. The first-order valence-corrected chi connectivity index (χ1v) is 9.58. The fourth-order valence-electron chi connectivity index (χ4n) is 3.63. The van der Waals surface area contributed by atoms with Crippen molar-refractivity contribution in [3.05, 3.63) is 0 Å². The van der Waals surface area contributed by atoms with Crippen molar-refractivity contribution >= 4 is 29.5 Å². The van der Waals surface area contributed by atoms with Crippen molar-refractivity contribution in [1.29, 1.82) is 0 Å². The SMILES string of the molecule is CC(=O)NC(C(=O)N1CCSCC1)C1CC(C(=O)O)CC1NC(N)N. The summed E-state index contributed by atoms with van der Waals surface area (Å²) in [6.07, 6.45) is -0.206. The van der Waals surface area contributed by atoms with Crippen molar-refractivity contribution in [2.24, 2.45) is 23.3 Å². The van der Waals surface area contributed by atoms with E-state index in [2.05, 4.69) is 10.6 Å². The van der Waals surface area contributed by atoms with Crippen LogP contribution in [0.25, 0.3) is 0 Å². The number of nitrogens with zero attached hydrogens (tertiary/aromatic N) is 1. The third-order valence-electron chi connectivity index (χ3n) is 4.74. The number of nitrogens with one attached hydrogen (secondary N) is 2. The maximum atomic E-state index is 13.0. The summed E-state index contributed by atoms with van der Waals surface area (Å²) in [5.41, 5.74) is 11.2. The minimum Gasteiger partial charge on any atom is -0.481 e. The summed E-state index contributed by atoms with van der Waals surface area (Å²) >= 11 is 1.78. The molecule has 1 aliphatic carbocycles. The quantitative estimate of drug-likeness (QED) is 0.347. The van der Waals surface area contributed by atoms with Gasteiger partial charge in [0.25, 0.3) is 0 Å². The Morgan fingerprint density at radius 2 is 1.84 bits per heavy atom. The number of carbonyl (C=O) groups is 3. The van der Waals surface area contributed by atoms with Crippen molar-refractivity contribution in [2.45, 2.75) is 38.1 Å². The van der Waals surface area contributed by atoms with Crippen LogP contribution in [0.1, 0.15) is 19.8 Å². The molecule has 2 aliphatic rings. The molecule has 0 aromatic rings. The van der Waals surface area contributed by atoms with E-state index < -0.39 is 24.2 Å². The second-order valence-corrected chi connectivity index (χ2v) is 7.81. The molecule has 0 aromatic heterocycles. The van der Waals surface area contributed by atoms with Crippen LogP contribution in [0.5, 0.6) is 0 Å². The van der Waals surface area contributed by atoms with Gasteiger partial charge in [0.1, 0.15) is 12.3 Å². The van der Waals surface area contributed by atoms with Gasteiger partial charge in [-0.3, -0.25) is 19.7 Å². The molecule has 2 rings (SSSR count). The number of carbonyl (C=O) groups excluding carboxylic acids is 2. The molecule has 142 valence electrons. The van der Waals surface area contributed by atoms with E-state index in [1.54, 1.807) is 16.7 Å². The van der Waals surface area contributed by atoms with Gasteiger partial charge in [-0.25, -0.2) is 0 Å². The molecule has 0 radical (unpaired) electrons. The van der Waals surface area contributed by atoms with Crippen molar-refractivity contribution in [1.82, 2.24) is 15.5 Å². The molecular weight excluding hydrogens is 346 g/mol. The second-order valence-electron chi connectivity index (χ2n) is 6.59. The van der Waals surface area contributed by atoms with E-state index in [-0.39, 0.29) is 23.8 Å². The Morgan fingerprint density at radius 3 is 2.36 bits per heavy atom. The highest BCUT2D eigenvalue weighted by molar-refractivity contribution is 7.99. The Bertz CT molecular complexity index is 512. The molecule has 0 spiro atoms. The highest BCUT2D eigenvalue weighted by Gasteiger charge is 2.45. The molecule has 2 fully saturated rings. The maximum absolute atomic E-state index is 13.0. The number of carboxylic acid groups (broad SMARTS) is 1. The largest absolute Gasteiger partial charge is 0.481 e. The fraction of sp³-hybridized carbons (Fsp3) is 0.800. The van der Waals surface area contributed by atoms with Crippen LogP contribution in [0.4, 0.5) is 0 Å². The standard InChI is InChI=1S/C15H27N5O4S/c1-8(21)18-12(13(22)20-2-4-25-5-3-20)10-6-9(14(23)24)7-11(10)19-15(16)17/h9-12,15,19H,2-7,16-17H2,1H3,(H,18,21)(H,23,24). The molecular formula is C15H27N5O4S. The Hall–Kier alpha value is -1.36. The van der Waals surface area contributed by atoms with E-state index in [0.717, 1.165) is 11.5 Å². The monoisotopic (exact) mass is 373 g/mol. The van der Waals surface area contributed by atoms with E-state index >= 15 is 0 Å². The number of aliphatic carboxylic acids is 1. The number of carboxylic acids is 1. The van der Waals surface area contributed by atoms with E-state index in [4.69, 9.17) is 11.5 Å². The van der Waals surface area contributed by atoms with Crippen LogP contribution in [0, 0.1) is 11.8 Å². The minimum atomic E-state index is -0.914.